The Morgan fingerprint density at radius 2 is 2.00 bits per heavy atom. The molecule has 1 amide bonds. The average Bonchev–Trinajstić information content (AvgIpc) is 2.48. The number of methoxy groups -OCH3 is 1. The molecule has 0 aliphatic carbocycles. The van der Waals surface area contributed by atoms with Crippen LogP contribution in [0.2, 0.25) is 5.02 Å². The van der Waals surface area contributed by atoms with E-state index < -0.39 is 0 Å². The maximum atomic E-state index is 11.9. The third-order valence-corrected chi connectivity index (χ3v) is 4.45. The van der Waals surface area contributed by atoms with Gasteiger partial charge < -0.3 is 9.64 Å². The first-order valence-corrected chi connectivity index (χ1v) is 8.09. The van der Waals surface area contributed by atoms with Crippen LogP contribution in [0.4, 0.5) is 0 Å². The summed E-state index contributed by atoms with van der Waals surface area (Å²) in [7, 11) is 3.11. The molecule has 0 atom stereocenters. The number of hydrogen-bond donors (Lipinski definition) is 0. The van der Waals surface area contributed by atoms with Crippen molar-refractivity contribution in [1.29, 1.82) is 0 Å². The molecule has 0 aliphatic heterocycles. The lowest BCUT2D eigenvalue weighted by Gasteiger charge is -2.16. The van der Waals surface area contributed by atoms with E-state index in [2.05, 4.69) is 4.74 Å². The minimum atomic E-state index is -0.245. The van der Waals surface area contributed by atoms with Crippen LogP contribution < -0.4 is 0 Å². The van der Waals surface area contributed by atoms with Crippen LogP contribution in [0, 0.1) is 0 Å². The highest BCUT2D eigenvalue weighted by atomic mass is 35.5. The van der Waals surface area contributed by atoms with Crippen molar-refractivity contribution in [1.82, 2.24) is 4.90 Å². The Morgan fingerprint density at radius 3 is 2.67 bits per heavy atom. The topological polar surface area (TPSA) is 46.6 Å². The van der Waals surface area contributed by atoms with Crippen molar-refractivity contribution in [3.63, 3.8) is 0 Å². The number of carbonyl (C=O) groups excluding carboxylic acids is 2. The molecule has 1 rings (SSSR count). The van der Waals surface area contributed by atoms with Gasteiger partial charge in [-0.1, -0.05) is 23.7 Å². The number of esters is 1. The molecule has 0 heterocycles. The van der Waals surface area contributed by atoms with Gasteiger partial charge in [0.1, 0.15) is 0 Å². The summed E-state index contributed by atoms with van der Waals surface area (Å²) in [6, 6.07) is 7.59. The number of nitrogens with zero attached hydrogens (tertiary/aromatic N) is 1. The van der Waals surface area contributed by atoms with Crippen LogP contribution in [0.25, 0.3) is 0 Å². The number of amides is 1. The highest BCUT2D eigenvalue weighted by Gasteiger charge is 2.10. The number of rotatable bonds is 8. The Morgan fingerprint density at radius 1 is 1.29 bits per heavy atom. The fraction of sp³-hybridized carbons (Fsp3) is 0.467. The van der Waals surface area contributed by atoms with Gasteiger partial charge in [-0.25, -0.2) is 0 Å². The third kappa shape index (κ3) is 6.87. The molecule has 0 bridgehead atoms. The monoisotopic (exact) mass is 329 g/mol. The zero-order valence-corrected chi connectivity index (χ0v) is 13.9. The standard InChI is InChI=1S/C15H20ClNO3S/c1-17(10-5-8-15(19)20-2)14(18)9-11-21-13-7-4-3-6-12(13)16/h3-4,6-7H,5,8-11H2,1-2H3. The quantitative estimate of drug-likeness (QED) is 0.542. The summed E-state index contributed by atoms with van der Waals surface area (Å²) >= 11 is 7.63. The van der Waals surface area contributed by atoms with Gasteiger partial charge in [-0.05, 0) is 18.6 Å². The molecule has 0 N–H and O–H groups in total. The summed E-state index contributed by atoms with van der Waals surface area (Å²) < 4.78 is 4.56. The zero-order chi connectivity index (χ0) is 15.7. The summed E-state index contributed by atoms with van der Waals surface area (Å²) in [5.74, 6) is 0.508. The van der Waals surface area contributed by atoms with Gasteiger partial charge in [0.15, 0.2) is 0 Å². The van der Waals surface area contributed by atoms with Gasteiger partial charge in [-0.15, -0.1) is 11.8 Å². The van der Waals surface area contributed by atoms with E-state index in [0.29, 0.717) is 36.6 Å². The molecule has 0 spiro atoms. The Kier molecular flexibility index (Phi) is 8.23. The van der Waals surface area contributed by atoms with Crippen molar-refractivity contribution in [2.45, 2.75) is 24.2 Å². The van der Waals surface area contributed by atoms with E-state index in [4.69, 9.17) is 11.6 Å². The maximum absolute atomic E-state index is 11.9. The van der Waals surface area contributed by atoms with Crippen LogP contribution in [0.1, 0.15) is 19.3 Å². The normalized spacial score (nSPS) is 10.2. The van der Waals surface area contributed by atoms with Gasteiger partial charge in [0.2, 0.25) is 5.91 Å². The van der Waals surface area contributed by atoms with Crippen LogP contribution in [-0.2, 0) is 14.3 Å². The van der Waals surface area contributed by atoms with Gasteiger partial charge in [0.05, 0.1) is 12.1 Å². The van der Waals surface area contributed by atoms with E-state index in [1.165, 1.54) is 7.11 Å². The van der Waals surface area contributed by atoms with Gasteiger partial charge in [0.25, 0.3) is 0 Å². The first-order valence-electron chi connectivity index (χ1n) is 6.72. The van der Waals surface area contributed by atoms with E-state index >= 15 is 0 Å². The van der Waals surface area contributed by atoms with Crippen LogP contribution in [-0.4, -0.2) is 43.2 Å². The molecule has 0 saturated carbocycles. The summed E-state index contributed by atoms with van der Waals surface area (Å²) in [5, 5.41) is 0.710. The molecule has 0 unspecified atom stereocenters. The number of thioether (sulfide) groups is 1. The first-order chi connectivity index (χ1) is 10.0. The predicted octanol–water partition coefficient (Wildman–Crippen LogP) is 3.23. The minimum absolute atomic E-state index is 0.0689. The molecule has 0 saturated heterocycles. The number of benzene rings is 1. The van der Waals surface area contributed by atoms with E-state index in [1.54, 1.807) is 23.7 Å². The molecule has 1 aromatic carbocycles. The second-order valence-electron chi connectivity index (χ2n) is 4.52. The van der Waals surface area contributed by atoms with Crippen molar-refractivity contribution < 1.29 is 14.3 Å². The number of halogens is 1. The van der Waals surface area contributed by atoms with Crippen molar-refractivity contribution in [2.75, 3.05) is 26.5 Å². The van der Waals surface area contributed by atoms with Crippen LogP contribution >= 0.6 is 23.4 Å². The first kappa shape index (κ1) is 17.9. The van der Waals surface area contributed by atoms with Gasteiger partial charge in [0, 0.05) is 37.1 Å². The highest BCUT2D eigenvalue weighted by Crippen LogP contribution is 2.26. The Hall–Kier alpha value is -1.20. The van der Waals surface area contributed by atoms with Crippen LogP contribution in [0.5, 0.6) is 0 Å². The molecular weight excluding hydrogens is 310 g/mol. The molecule has 0 aromatic heterocycles. The molecule has 116 valence electrons. The molecule has 21 heavy (non-hydrogen) atoms. The molecule has 0 fully saturated rings. The van der Waals surface area contributed by atoms with Gasteiger partial charge in [-0.2, -0.15) is 0 Å². The van der Waals surface area contributed by atoms with Crippen molar-refractivity contribution in [2.24, 2.45) is 0 Å². The van der Waals surface area contributed by atoms with Crippen molar-refractivity contribution in [3.8, 4) is 0 Å². The predicted molar refractivity (Wildman–Crippen MR) is 85.7 cm³/mol. The van der Waals surface area contributed by atoms with Crippen LogP contribution in [0.15, 0.2) is 29.2 Å². The fourth-order valence-corrected chi connectivity index (χ4v) is 2.86. The van der Waals surface area contributed by atoms with Crippen molar-refractivity contribution in [3.05, 3.63) is 29.3 Å². The lowest BCUT2D eigenvalue weighted by molar-refractivity contribution is -0.141. The maximum Gasteiger partial charge on any atom is 0.305 e. The number of carbonyl (C=O) groups is 2. The molecule has 0 radical (unpaired) electrons. The lowest BCUT2D eigenvalue weighted by Crippen LogP contribution is -2.28. The smallest absolute Gasteiger partial charge is 0.305 e. The Balaban J connectivity index is 2.24. The van der Waals surface area contributed by atoms with Gasteiger partial charge in [-0.3, -0.25) is 9.59 Å². The Bertz CT molecular complexity index is 482. The molecule has 0 aliphatic rings. The van der Waals surface area contributed by atoms with Crippen molar-refractivity contribution >= 4 is 35.2 Å². The average molecular weight is 330 g/mol. The summed E-state index contributed by atoms with van der Waals surface area (Å²) in [5.41, 5.74) is 0. The SMILES string of the molecule is COC(=O)CCCN(C)C(=O)CCSc1ccccc1Cl. The Labute approximate surface area is 134 Å². The molecular formula is C15H20ClNO3S. The van der Waals surface area contributed by atoms with Crippen LogP contribution in [0.3, 0.4) is 0 Å². The fourth-order valence-electron chi connectivity index (χ4n) is 1.69. The third-order valence-electron chi connectivity index (χ3n) is 2.94. The molecule has 1 aromatic rings. The largest absolute Gasteiger partial charge is 0.469 e. The zero-order valence-electron chi connectivity index (χ0n) is 12.3. The summed E-state index contributed by atoms with van der Waals surface area (Å²) in [4.78, 5) is 25.5. The van der Waals surface area contributed by atoms with E-state index in [0.717, 1.165) is 4.90 Å². The van der Waals surface area contributed by atoms with E-state index in [1.807, 2.05) is 24.3 Å². The highest BCUT2D eigenvalue weighted by molar-refractivity contribution is 7.99. The van der Waals surface area contributed by atoms with Gasteiger partial charge >= 0.3 is 5.97 Å². The second-order valence-corrected chi connectivity index (χ2v) is 6.07. The number of ether oxygens (including phenoxy) is 1. The summed E-state index contributed by atoms with van der Waals surface area (Å²) in [6.45, 7) is 0.560. The second kappa shape index (κ2) is 9.68. The molecule has 6 heteroatoms. The van der Waals surface area contributed by atoms with E-state index in [9.17, 15) is 9.59 Å². The number of hydrogen-bond acceptors (Lipinski definition) is 4. The minimum Gasteiger partial charge on any atom is -0.469 e. The lowest BCUT2D eigenvalue weighted by atomic mass is 10.3. The molecule has 4 nitrogen and oxygen atoms in total. The summed E-state index contributed by atoms with van der Waals surface area (Å²) in [6.07, 6.45) is 1.40. The van der Waals surface area contributed by atoms with E-state index in [-0.39, 0.29) is 11.9 Å².